The fraction of sp³-hybridized carbons (Fsp3) is 0.526. The van der Waals surface area contributed by atoms with E-state index in [1.807, 2.05) is 49.4 Å². The molecule has 0 aromatic heterocycles. The molecule has 0 spiro atoms. The molecule has 4 nitrogen and oxygen atoms in total. The number of hydrogen-bond donors (Lipinski definition) is 2. The van der Waals surface area contributed by atoms with E-state index in [1.165, 1.54) is 92.3 Å². The fourth-order valence-electron chi connectivity index (χ4n) is 7.80. The largest absolute Gasteiger partial charge is 0.507 e. The Balaban J connectivity index is 0.000000630. The number of hydrogen-bond acceptors (Lipinski definition) is 3. The molecule has 1 unspecified atom stereocenters. The van der Waals surface area contributed by atoms with Gasteiger partial charge in [-0.05, 0) is 162 Å². The highest BCUT2D eigenvalue weighted by Crippen LogP contribution is 2.44. The Kier molecular flexibility index (Phi) is 26.1. The highest BCUT2D eigenvalue weighted by molar-refractivity contribution is 6.04. The van der Waals surface area contributed by atoms with Crippen LogP contribution >= 0.6 is 0 Å². The number of phenols is 1. The van der Waals surface area contributed by atoms with Crippen molar-refractivity contribution in [1.29, 1.82) is 0 Å². The van der Waals surface area contributed by atoms with Crippen molar-refractivity contribution >= 4 is 22.7 Å². The van der Waals surface area contributed by atoms with Crippen molar-refractivity contribution in [1.82, 2.24) is 4.90 Å². The molecule has 1 amide bonds. The second-order valence-electron chi connectivity index (χ2n) is 17.5. The summed E-state index contributed by atoms with van der Waals surface area (Å²) in [7, 11) is 2.17. The van der Waals surface area contributed by atoms with Gasteiger partial charge in [0.2, 0.25) is 0 Å². The van der Waals surface area contributed by atoms with Crippen LogP contribution in [-0.4, -0.2) is 36.1 Å². The van der Waals surface area contributed by atoms with Gasteiger partial charge in [0.25, 0.3) is 5.91 Å². The highest BCUT2D eigenvalue weighted by atomic mass is 16.3. The first-order valence-corrected chi connectivity index (χ1v) is 24.1. The molecule has 4 rings (SSSR count). The summed E-state index contributed by atoms with van der Waals surface area (Å²) in [4.78, 5) is 15.7. The van der Waals surface area contributed by atoms with Crippen LogP contribution < -0.4 is 5.32 Å². The molecule has 0 heterocycles. The molecule has 61 heavy (non-hydrogen) atoms. The summed E-state index contributed by atoms with van der Waals surface area (Å²) < 4.78 is 0. The van der Waals surface area contributed by atoms with E-state index in [9.17, 15) is 9.90 Å². The average molecular weight is 831 g/mol. The zero-order chi connectivity index (χ0) is 45.2. The summed E-state index contributed by atoms with van der Waals surface area (Å²) in [6.45, 7) is 26.8. The van der Waals surface area contributed by atoms with Crippen molar-refractivity contribution < 1.29 is 9.90 Å². The van der Waals surface area contributed by atoms with Crippen molar-refractivity contribution in [3.8, 4) is 5.75 Å². The highest BCUT2D eigenvalue weighted by Gasteiger charge is 2.26. The van der Waals surface area contributed by atoms with E-state index < -0.39 is 0 Å². The summed E-state index contributed by atoms with van der Waals surface area (Å²) >= 11 is 0. The molecule has 0 bridgehead atoms. The normalized spacial score (nSPS) is 14.0. The van der Waals surface area contributed by atoms with Gasteiger partial charge in [-0.2, -0.15) is 0 Å². The lowest BCUT2D eigenvalue weighted by atomic mass is 9.76. The van der Waals surface area contributed by atoms with Gasteiger partial charge in [0.05, 0.1) is 0 Å². The zero-order valence-electron chi connectivity index (χ0n) is 40.9. The number of aromatic hydroxyl groups is 1. The van der Waals surface area contributed by atoms with Crippen molar-refractivity contribution in [2.24, 2.45) is 5.92 Å². The van der Waals surface area contributed by atoms with Gasteiger partial charge in [0.1, 0.15) is 5.75 Å². The number of nitrogens with one attached hydrogen (secondary N) is 1. The Labute approximate surface area is 374 Å². The topological polar surface area (TPSA) is 52.6 Å². The number of aryl methyl sites for hydroxylation is 1. The number of anilines is 1. The SMILES string of the molecule is CCCCCC(C)CC.CCCN(C)CCC.C\C=C/C(=C\C=C\CC)c1c(O)cc(NC(=O)c2ccc(Cc3ccc(C)c(/C(C)=C(/C)CCC)c3)cc2)cc1C1CCC1. The van der Waals surface area contributed by atoms with Crippen LogP contribution in [0.15, 0.2) is 90.6 Å². The Morgan fingerprint density at radius 2 is 1.56 bits per heavy atom. The van der Waals surface area contributed by atoms with E-state index in [0.29, 0.717) is 17.2 Å². The van der Waals surface area contributed by atoms with Crippen molar-refractivity contribution in [2.75, 3.05) is 25.5 Å². The van der Waals surface area contributed by atoms with E-state index in [0.717, 1.165) is 66.7 Å². The molecule has 1 aliphatic rings. The minimum atomic E-state index is -0.178. The first-order valence-electron chi connectivity index (χ1n) is 24.1. The average Bonchev–Trinajstić information content (AvgIpc) is 3.21. The quantitative estimate of drug-likeness (QED) is 0.0830. The minimum Gasteiger partial charge on any atom is -0.507 e. The van der Waals surface area contributed by atoms with Crippen molar-refractivity contribution in [3.05, 3.63) is 129 Å². The van der Waals surface area contributed by atoms with Crippen LogP contribution in [0.4, 0.5) is 5.69 Å². The second-order valence-corrected chi connectivity index (χ2v) is 17.5. The van der Waals surface area contributed by atoms with E-state index in [4.69, 9.17) is 0 Å². The summed E-state index contributed by atoms with van der Waals surface area (Å²) in [5.41, 5.74) is 12.0. The number of carbonyl (C=O) groups excluding carboxylic acids is 1. The number of phenolic OH excluding ortho intramolecular Hbond substituents is 1. The number of carbonyl (C=O) groups is 1. The van der Waals surface area contributed by atoms with E-state index in [-0.39, 0.29) is 11.7 Å². The van der Waals surface area contributed by atoms with E-state index in [1.54, 1.807) is 6.07 Å². The molecule has 0 saturated heterocycles. The number of nitrogens with zero attached hydrogens (tertiary/aromatic N) is 1. The molecule has 336 valence electrons. The molecular formula is C57H86N2O2. The van der Waals surface area contributed by atoms with Crippen LogP contribution in [0, 0.1) is 12.8 Å². The summed E-state index contributed by atoms with van der Waals surface area (Å²) in [5, 5.41) is 14.3. The number of rotatable bonds is 21. The van der Waals surface area contributed by atoms with Gasteiger partial charge in [-0.25, -0.2) is 0 Å². The van der Waals surface area contributed by atoms with Crippen LogP contribution in [-0.2, 0) is 6.42 Å². The molecule has 3 aromatic carbocycles. The van der Waals surface area contributed by atoms with Crippen LogP contribution in [0.2, 0.25) is 0 Å². The number of amides is 1. The smallest absolute Gasteiger partial charge is 0.255 e. The molecular weight excluding hydrogens is 745 g/mol. The van der Waals surface area contributed by atoms with Crippen LogP contribution in [0.25, 0.3) is 11.1 Å². The fourth-order valence-corrected chi connectivity index (χ4v) is 7.80. The van der Waals surface area contributed by atoms with Gasteiger partial charge in [0.15, 0.2) is 0 Å². The lowest BCUT2D eigenvalue weighted by Crippen LogP contribution is -2.19. The lowest BCUT2D eigenvalue weighted by molar-refractivity contribution is 0.102. The molecule has 1 aliphatic carbocycles. The van der Waals surface area contributed by atoms with Crippen molar-refractivity contribution in [2.45, 2.75) is 172 Å². The Bertz CT molecular complexity index is 1830. The third kappa shape index (κ3) is 18.8. The molecule has 1 atom stereocenters. The third-order valence-corrected chi connectivity index (χ3v) is 12.0. The maximum absolute atomic E-state index is 13.3. The first kappa shape index (κ1) is 53.0. The minimum absolute atomic E-state index is 0.178. The van der Waals surface area contributed by atoms with Gasteiger partial charge in [0, 0.05) is 22.9 Å². The molecule has 0 aliphatic heterocycles. The molecule has 0 radical (unpaired) electrons. The maximum atomic E-state index is 13.3. The van der Waals surface area contributed by atoms with Crippen LogP contribution in [0.1, 0.15) is 202 Å². The standard InChI is InChI=1S/C41H49NO2.C9H20.C7H17N/c1-7-10-11-15-34(14-9-3)40-38(33-16-12-17-33)26-36(27-39(40)43)42-41(44)35-22-20-31(21-23-35)24-32-19-18-29(5)37(25-32)30(6)28(4)13-8-2;1-4-6-7-8-9(3)5-2;1-4-6-8(3)7-5-2/h9-11,14-15,18-23,25-27,33,43H,7-8,12-13,16-17,24H2,1-6H3,(H,42,44);9H,4-8H2,1-3H3;4-7H2,1-3H3/b11-10+,14-9-,30-28-,34-15+;;. The Hall–Kier alpha value is -4.15. The molecule has 1 saturated carbocycles. The van der Waals surface area contributed by atoms with Gasteiger partial charge in [-0.3, -0.25) is 4.79 Å². The van der Waals surface area contributed by atoms with Gasteiger partial charge in [-0.15, -0.1) is 0 Å². The lowest BCUT2D eigenvalue weighted by Gasteiger charge is -2.29. The van der Waals surface area contributed by atoms with Gasteiger partial charge in [-0.1, -0.05) is 160 Å². The third-order valence-electron chi connectivity index (χ3n) is 12.0. The first-order chi connectivity index (χ1) is 29.4. The predicted octanol–water partition coefficient (Wildman–Crippen LogP) is 16.7. The molecule has 3 aromatic rings. The molecule has 2 N–H and O–H groups in total. The summed E-state index contributed by atoms with van der Waals surface area (Å²) in [6, 6.07) is 18.3. The summed E-state index contributed by atoms with van der Waals surface area (Å²) in [6.07, 6.45) is 27.2. The maximum Gasteiger partial charge on any atom is 0.255 e. The molecule has 1 fully saturated rings. The van der Waals surface area contributed by atoms with E-state index in [2.05, 4.69) is 123 Å². The van der Waals surface area contributed by atoms with Crippen LogP contribution in [0.3, 0.4) is 0 Å². The van der Waals surface area contributed by atoms with Gasteiger partial charge >= 0.3 is 0 Å². The summed E-state index contributed by atoms with van der Waals surface area (Å²) in [5.74, 6) is 1.36. The number of benzene rings is 3. The predicted molar refractivity (Wildman–Crippen MR) is 270 cm³/mol. The Morgan fingerprint density at radius 1 is 0.885 bits per heavy atom. The second kappa shape index (κ2) is 30.0. The zero-order valence-corrected chi connectivity index (χ0v) is 40.9. The molecule has 4 heteroatoms. The number of unbranched alkanes of at least 4 members (excludes halogenated alkanes) is 2. The van der Waals surface area contributed by atoms with Gasteiger partial charge < -0.3 is 15.3 Å². The van der Waals surface area contributed by atoms with Crippen molar-refractivity contribution in [3.63, 3.8) is 0 Å². The number of allylic oxidation sites excluding steroid dienone is 8. The van der Waals surface area contributed by atoms with Crippen LogP contribution in [0.5, 0.6) is 5.75 Å². The Morgan fingerprint density at radius 3 is 2.11 bits per heavy atom. The van der Waals surface area contributed by atoms with E-state index >= 15 is 0 Å². The monoisotopic (exact) mass is 831 g/mol.